The van der Waals surface area contributed by atoms with Crippen molar-refractivity contribution in [2.24, 2.45) is 0 Å². The molecule has 1 fully saturated rings. The van der Waals surface area contributed by atoms with Crippen LogP contribution < -0.4 is 0 Å². The molecule has 0 aliphatic heterocycles. The maximum Gasteiger partial charge on any atom is 0.133 e. The van der Waals surface area contributed by atoms with Gasteiger partial charge in [0, 0.05) is 17.9 Å². The molecule has 0 heterocycles. The zero-order valence-electron chi connectivity index (χ0n) is 9.12. The monoisotopic (exact) mass is 238 g/mol. The molecule has 2 rings (SSSR count). The van der Waals surface area contributed by atoms with Crippen molar-refractivity contribution in [3.63, 3.8) is 0 Å². The van der Waals surface area contributed by atoms with Crippen molar-refractivity contribution in [3.05, 3.63) is 34.9 Å². The highest BCUT2D eigenvalue weighted by molar-refractivity contribution is 6.30. The van der Waals surface area contributed by atoms with Crippen LogP contribution in [0.2, 0.25) is 5.02 Å². The van der Waals surface area contributed by atoms with Gasteiger partial charge in [0.2, 0.25) is 0 Å². The SMILES string of the molecule is O=C1CCC(OCc2cccc(Cl)c2)CC1. The molecule has 0 radical (unpaired) electrons. The Balaban J connectivity index is 1.81. The number of Topliss-reactive ketones (excluding diaryl/α,β-unsaturated/α-hetero) is 1. The van der Waals surface area contributed by atoms with Crippen LogP contribution in [0, 0.1) is 0 Å². The second-order valence-electron chi connectivity index (χ2n) is 4.18. The Morgan fingerprint density at radius 2 is 2.06 bits per heavy atom. The fourth-order valence-corrected chi connectivity index (χ4v) is 2.13. The fraction of sp³-hybridized carbons (Fsp3) is 0.462. The van der Waals surface area contributed by atoms with E-state index in [-0.39, 0.29) is 6.10 Å². The number of carbonyl (C=O) groups is 1. The molecule has 0 aromatic heterocycles. The number of hydrogen-bond acceptors (Lipinski definition) is 2. The molecular formula is C13H15ClO2. The zero-order valence-corrected chi connectivity index (χ0v) is 9.87. The van der Waals surface area contributed by atoms with Crippen molar-refractivity contribution in [2.75, 3.05) is 0 Å². The zero-order chi connectivity index (χ0) is 11.4. The minimum atomic E-state index is 0.233. The van der Waals surface area contributed by atoms with E-state index in [0.29, 0.717) is 25.2 Å². The van der Waals surface area contributed by atoms with E-state index in [1.54, 1.807) is 0 Å². The molecule has 1 saturated carbocycles. The van der Waals surface area contributed by atoms with E-state index in [9.17, 15) is 4.79 Å². The molecule has 1 aromatic rings. The van der Waals surface area contributed by atoms with Gasteiger partial charge in [-0.3, -0.25) is 4.79 Å². The van der Waals surface area contributed by atoms with Gasteiger partial charge in [-0.2, -0.15) is 0 Å². The third-order valence-electron chi connectivity index (χ3n) is 2.87. The Labute approximate surface area is 101 Å². The number of ether oxygens (including phenoxy) is 1. The van der Waals surface area contributed by atoms with Gasteiger partial charge in [-0.05, 0) is 30.5 Å². The highest BCUT2D eigenvalue weighted by Gasteiger charge is 2.18. The molecule has 86 valence electrons. The standard InChI is InChI=1S/C13H15ClO2/c14-11-3-1-2-10(8-11)9-16-13-6-4-12(15)5-7-13/h1-3,8,13H,4-7,9H2. The maximum atomic E-state index is 11.1. The summed E-state index contributed by atoms with van der Waals surface area (Å²) in [6.45, 7) is 0.583. The van der Waals surface area contributed by atoms with E-state index in [0.717, 1.165) is 23.4 Å². The lowest BCUT2D eigenvalue weighted by Crippen LogP contribution is -2.21. The molecule has 0 amide bonds. The van der Waals surface area contributed by atoms with E-state index >= 15 is 0 Å². The Hall–Kier alpha value is -0.860. The summed E-state index contributed by atoms with van der Waals surface area (Å²) < 4.78 is 5.76. The summed E-state index contributed by atoms with van der Waals surface area (Å²) in [5.41, 5.74) is 1.09. The van der Waals surface area contributed by atoms with Gasteiger partial charge in [0.05, 0.1) is 12.7 Å². The first-order valence-electron chi connectivity index (χ1n) is 5.62. The lowest BCUT2D eigenvalue weighted by atomic mass is 9.96. The first-order chi connectivity index (χ1) is 7.74. The minimum Gasteiger partial charge on any atom is -0.374 e. The summed E-state index contributed by atoms with van der Waals surface area (Å²) in [5.74, 6) is 0.364. The molecule has 0 spiro atoms. The van der Waals surface area contributed by atoms with Gasteiger partial charge in [-0.25, -0.2) is 0 Å². The van der Waals surface area contributed by atoms with Crippen LogP contribution in [0.25, 0.3) is 0 Å². The second-order valence-corrected chi connectivity index (χ2v) is 4.62. The van der Waals surface area contributed by atoms with Crippen LogP contribution in [0.1, 0.15) is 31.2 Å². The molecule has 1 aliphatic rings. The maximum absolute atomic E-state index is 11.1. The van der Waals surface area contributed by atoms with E-state index in [4.69, 9.17) is 16.3 Å². The topological polar surface area (TPSA) is 26.3 Å². The largest absolute Gasteiger partial charge is 0.374 e. The highest BCUT2D eigenvalue weighted by Crippen LogP contribution is 2.20. The number of halogens is 1. The quantitative estimate of drug-likeness (QED) is 0.807. The molecule has 1 aromatic carbocycles. The first-order valence-corrected chi connectivity index (χ1v) is 5.99. The van der Waals surface area contributed by atoms with Crippen LogP contribution in [0.4, 0.5) is 0 Å². The second kappa shape index (κ2) is 5.46. The Morgan fingerprint density at radius 1 is 1.31 bits per heavy atom. The van der Waals surface area contributed by atoms with Gasteiger partial charge in [0.25, 0.3) is 0 Å². The van der Waals surface area contributed by atoms with Crippen LogP contribution in [0.3, 0.4) is 0 Å². The summed E-state index contributed by atoms with van der Waals surface area (Å²) in [4.78, 5) is 11.1. The molecule has 0 atom stereocenters. The van der Waals surface area contributed by atoms with Gasteiger partial charge < -0.3 is 4.74 Å². The number of ketones is 1. The molecule has 2 nitrogen and oxygen atoms in total. The molecule has 0 saturated heterocycles. The number of hydrogen-bond donors (Lipinski definition) is 0. The van der Waals surface area contributed by atoms with Crippen molar-refractivity contribution >= 4 is 17.4 Å². The summed E-state index contributed by atoms with van der Waals surface area (Å²) in [7, 11) is 0. The molecule has 0 N–H and O–H groups in total. The number of rotatable bonds is 3. The summed E-state index contributed by atoms with van der Waals surface area (Å²) in [6.07, 6.45) is 3.29. The smallest absolute Gasteiger partial charge is 0.133 e. The number of carbonyl (C=O) groups excluding carboxylic acids is 1. The molecule has 0 bridgehead atoms. The van der Waals surface area contributed by atoms with Crippen molar-refractivity contribution in [1.82, 2.24) is 0 Å². The summed E-state index contributed by atoms with van der Waals surface area (Å²) >= 11 is 5.89. The van der Waals surface area contributed by atoms with Crippen LogP contribution in [0.15, 0.2) is 24.3 Å². The Kier molecular flexibility index (Phi) is 3.97. The summed E-state index contributed by atoms with van der Waals surface area (Å²) in [6, 6.07) is 7.69. The van der Waals surface area contributed by atoms with E-state index in [2.05, 4.69) is 0 Å². The third kappa shape index (κ3) is 3.32. The third-order valence-corrected chi connectivity index (χ3v) is 3.10. The van der Waals surface area contributed by atoms with E-state index in [1.165, 1.54) is 0 Å². The van der Waals surface area contributed by atoms with Gasteiger partial charge in [-0.15, -0.1) is 0 Å². The predicted octanol–water partition coefficient (Wildman–Crippen LogP) is 3.37. The normalized spacial score (nSPS) is 17.7. The lowest BCUT2D eigenvalue weighted by molar-refractivity contribution is -0.123. The van der Waals surface area contributed by atoms with Crippen molar-refractivity contribution in [2.45, 2.75) is 38.4 Å². The average molecular weight is 239 g/mol. The molecule has 0 unspecified atom stereocenters. The molecule has 16 heavy (non-hydrogen) atoms. The average Bonchev–Trinajstić information content (AvgIpc) is 2.28. The van der Waals surface area contributed by atoms with Gasteiger partial charge in [-0.1, -0.05) is 23.7 Å². The summed E-state index contributed by atoms with van der Waals surface area (Å²) in [5, 5.41) is 0.736. The Morgan fingerprint density at radius 3 is 2.75 bits per heavy atom. The highest BCUT2D eigenvalue weighted by atomic mass is 35.5. The van der Waals surface area contributed by atoms with Crippen molar-refractivity contribution in [3.8, 4) is 0 Å². The van der Waals surface area contributed by atoms with Crippen LogP contribution in [0.5, 0.6) is 0 Å². The van der Waals surface area contributed by atoms with E-state index < -0.39 is 0 Å². The molecular weight excluding hydrogens is 224 g/mol. The molecule has 1 aliphatic carbocycles. The molecule has 3 heteroatoms. The van der Waals surface area contributed by atoms with E-state index in [1.807, 2.05) is 24.3 Å². The predicted molar refractivity (Wildman–Crippen MR) is 63.5 cm³/mol. The van der Waals surface area contributed by atoms with Gasteiger partial charge >= 0.3 is 0 Å². The van der Waals surface area contributed by atoms with Gasteiger partial charge in [0.1, 0.15) is 5.78 Å². The van der Waals surface area contributed by atoms with Crippen molar-refractivity contribution in [1.29, 1.82) is 0 Å². The van der Waals surface area contributed by atoms with Crippen LogP contribution in [-0.2, 0) is 16.1 Å². The van der Waals surface area contributed by atoms with Gasteiger partial charge in [0.15, 0.2) is 0 Å². The fourth-order valence-electron chi connectivity index (χ4n) is 1.92. The van der Waals surface area contributed by atoms with Crippen LogP contribution >= 0.6 is 11.6 Å². The first kappa shape index (κ1) is 11.6. The van der Waals surface area contributed by atoms with Crippen LogP contribution in [-0.4, -0.2) is 11.9 Å². The minimum absolute atomic E-state index is 0.233. The number of benzene rings is 1. The lowest BCUT2D eigenvalue weighted by Gasteiger charge is -2.21. The van der Waals surface area contributed by atoms with Crippen molar-refractivity contribution < 1.29 is 9.53 Å². The Bertz CT molecular complexity index is 366.